The molecule has 0 saturated carbocycles. The van der Waals surface area contributed by atoms with Crippen LogP contribution >= 0.6 is 12.4 Å². The number of hydrogen-bond acceptors (Lipinski definition) is 4. The summed E-state index contributed by atoms with van der Waals surface area (Å²) in [7, 11) is 1.86. The lowest BCUT2D eigenvalue weighted by Gasteiger charge is -2.31. The van der Waals surface area contributed by atoms with Gasteiger partial charge in [0.1, 0.15) is 5.82 Å². The number of alkyl halides is 3. The molecule has 0 aliphatic carbocycles. The number of nitrogens with zero attached hydrogens (tertiary/aromatic N) is 4. The molecular weight excluding hydrogens is 414 g/mol. The van der Waals surface area contributed by atoms with Crippen LogP contribution in [-0.4, -0.2) is 52.5 Å². The molecule has 1 aliphatic rings. The highest BCUT2D eigenvalue weighted by Crippen LogP contribution is 2.34. The van der Waals surface area contributed by atoms with Crippen LogP contribution in [0.1, 0.15) is 35.4 Å². The molecule has 0 atom stereocenters. The van der Waals surface area contributed by atoms with Crippen molar-refractivity contribution in [2.24, 2.45) is 5.92 Å². The summed E-state index contributed by atoms with van der Waals surface area (Å²) in [6.45, 7) is 1.60. The quantitative estimate of drug-likeness (QED) is 0.732. The number of benzene rings is 1. The number of halogens is 5. The third kappa shape index (κ3) is 5.24. The Hall–Kier alpha value is -2.20. The normalized spacial score (nSPS) is 15.3. The van der Waals surface area contributed by atoms with Crippen LogP contribution in [0.15, 0.2) is 24.3 Å². The molecule has 1 amide bonds. The van der Waals surface area contributed by atoms with Gasteiger partial charge in [0.2, 0.25) is 0 Å². The largest absolute Gasteiger partial charge is 0.435 e. The molecule has 3 rings (SSSR count). The summed E-state index contributed by atoms with van der Waals surface area (Å²) in [5.74, 6) is -1.08. The molecule has 1 aromatic carbocycles. The highest BCUT2D eigenvalue weighted by molar-refractivity contribution is 5.93. The van der Waals surface area contributed by atoms with Crippen LogP contribution < -0.4 is 5.32 Å². The Labute approximate surface area is 171 Å². The SMILES string of the molecule is CNCCC1CCN(C(=O)c2nnn(-c3cccc(F)c3)c2C(F)(F)F)CC1.Cl. The van der Waals surface area contributed by atoms with E-state index in [1.807, 2.05) is 7.05 Å². The van der Waals surface area contributed by atoms with Gasteiger partial charge in [-0.1, -0.05) is 11.3 Å². The Morgan fingerprint density at radius 3 is 2.55 bits per heavy atom. The minimum Gasteiger partial charge on any atom is -0.337 e. The van der Waals surface area contributed by atoms with E-state index in [9.17, 15) is 22.4 Å². The standard InChI is InChI=1S/C18H21F4N5O.ClH/c1-23-8-5-12-6-9-26(10-7-12)17(28)15-16(18(20,21)22)27(25-24-15)14-4-2-3-13(19)11-14;/h2-4,11-12,23H,5-10H2,1H3;1H. The van der Waals surface area contributed by atoms with Crippen LogP contribution in [-0.2, 0) is 6.18 Å². The smallest absolute Gasteiger partial charge is 0.337 e. The van der Waals surface area contributed by atoms with Crippen molar-refractivity contribution < 1.29 is 22.4 Å². The van der Waals surface area contributed by atoms with E-state index in [0.717, 1.165) is 37.9 Å². The molecule has 1 fully saturated rings. The number of carbonyl (C=O) groups excluding carboxylic acids is 1. The topological polar surface area (TPSA) is 63.1 Å². The second kappa shape index (κ2) is 9.53. The molecular formula is C18H22ClF4N5O. The predicted octanol–water partition coefficient (Wildman–Crippen LogP) is 3.31. The zero-order valence-electron chi connectivity index (χ0n) is 15.7. The van der Waals surface area contributed by atoms with E-state index >= 15 is 0 Å². The molecule has 0 spiro atoms. The third-order valence-corrected chi connectivity index (χ3v) is 4.90. The number of amides is 1. The van der Waals surface area contributed by atoms with Crippen LogP contribution in [0.4, 0.5) is 17.6 Å². The van der Waals surface area contributed by atoms with Gasteiger partial charge in [-0.05, 0) is 57.0 Å². The molecule has 160 valence electrons. The van der Waals surface area contributed by atoms with Crippen LogP contribution in [0.3, 0.4) is 0 Å². The van der Waals surface area contributed by atoms with Gasteiger partial charge >= 0.3 is 6.18 Å². The first-order valence-corrected chi connectivity index (χ1v) is 9.04. The first-order chi connectivity index (χ1) is 13.3. The summed E-state index contributed by atoms with van der Waals surface area (Å²) in [5.41, 5.74) is -2.20. The molecule has 0 radical (unpaired) electrons. The van der Waals surface area contributed by atoms with Gasteiger partial charge in [-0.3, -0.25) is 4.79 Å². The number of hydrogen-bond donors (Lipinski definition) is 1. The van der Waals surface area contributed by atoms with Crippen molar-refractivity contribution in [2.75, 3.05) is 26.7 Å². The van der Waals surface area contributed by atoms with Gasteiger partial charge in [0, 0.05) is 13.1 Å². The first-order valence-electron chi connectivity index (χ1n) is 9.04. The average Bonchev–Trinajstić information content (AvgIpc) is 3.12. The van der Waals surface area contributed by atoms with E-state index < -0.39 is 29.3 Å². The van der Waals surface area contributed by atoms with Gasteiger partial charge in [0.15, 0.2) is 11.4 Å². The lowest BCUT2D eigenvalue weighted by atomic mass is 9.93. The lowest BCUT2D eigenvalue weighted by molar-refractivity contribution is -0.143. The first kappa shape index (κ1) is 23.1. The van der Waals surface area contributed by atoms with Crippen molar-refractivity contribution in [3.8, 4) is 5.69 Å². The number of likely N-dealkylation sites (tertiary alicyclic amines) is 1. The molecule has 2 heterocycles. The van der Waals surface area contributed by atoms with Gasteiger partial charge in [-0.25, -0.2) is 9.07 Å². The van der Waals surface area contributed by atoms with Gasteiger partial charge in [-0.2, -0.15) is 13.2 Å². The monoisotopic (exact) mass is 435 g/mol. The lowest BCUT2D eigenvalue weighted by Crippen LogP contribution is -2.40. The predicted molar refractivity (Wildman–Crippen MR) is 101 cm³/mol. The molecule has 1 aromatic heterocycles. The number of aromatic nitrogens is 3. The maximum absolute atomic E-state index is 13.7. The highest BCUT2D eigenvalue weighted by atomic mass is 35.5. The average molecular weight is 436 g/mol. The van der Waals surface area contributed by atoms with E-state index in [-0.39, 0.29) is 18.1 Å². The molecule has 1 N–H and O–H groups in total. The van der Waals surface area contributed by atoms with E-state index in [2.05, 4.69) is 15.6 Å². The Bertz CT molecular complexity index is 834. The van der Waals surface area contributed by atoms with Gasteiger partial charge in [0.05, 0.1) is 5.69 Å². The van der Waals surface area contributed by atoms with Crippen molar-refractivity contribution in [1.29, 1.82) is 0 Å². The van der Waals surface area contributed by atoms with Crippen molar-refractivity contribution in [1.82, 2.24) is 25.2 Å². The molecule has 2 aromatic rings. The fourth-order valence-electron chi connectivity index (χ4n) is 3.39. The van der Waals surface area contributed by atoms with E-state index in [1.54, 1.807) is 0 Å². The van der Waals surface area contributed by atoms with Gasteiger partial charge in [-0.15, -0.1) is 17.5 Å². The fraction of sp³-hybridized carbons (Fsp3) is 0.500. The van der Waals surface area contributed by atoms with Gasteiger partial charge in [0.25, 0.3) is 5.91 Å². The van der Waals surface area contributed by atoms with E-state index in [4.69, 9.17) is 0 Å². The third-order valence-electron chi connectivity index (χ3n) is 4.90. The van der Waals surface area contributed by atoms with Crippen LogP contribution in [0.5, 0.6) is 0 Å². The van der Waals surface area contributed by atoms with Crippen LogP contribution in [0, 0.1) is 11.7 Å². The summed E-state index contributed by atoms with van der Waals surface area (Å²) in [5, 5.41) is 10.1. The summed E-state index contributed by atoms with van der Waals surface area (Å²) in [6, 6.07) is 4.56. The number of carbonyl (C=O) groups is 1. The second-order valence-corrected chi connectivity index (χ2v) is 6.80. The number of rotatable bonds is 5. The second-order valence-electron chi connectivity index (χ2n) is 6.80. The Kier molecular flexibility index (Phi) is 7.59. The van der Waals surface area contributed by atoms with Crippen molar-refractivity contribution in [3.05, 3.63) is 41.5 Å². The summed E-state index contributed by atoms with van der Waals surface area (Å²) in [6.07, 6.45) is -2.45. The molecule has 1 aliphatic heterocycles. The van der Waals surface area contributed by atoms with Crippen molar-refractivity contribution >= 4 is 18.3 Å². The Balaban J connectivity index is 0.00000300. The van der Waals surface area contributed by atoms with Crippen molar-refractivity contribution in [3.63, 3.8) is 0 Å². The Morgan fingerprint density at radius 1 is 1.28 bits per heavy atom. The van der Waals surface area contributed by atoms with Crippen molar-refractivity contribution in [2.45, 2.75) is 25.4 Å². The maximum atomic E-state index is 13.7. The highest BCUT2D eigenvalue weighted by Gasteiger charge is 2.43. The molecule has 1 saturated heterocycles. The van der Waals surface area contributed by atoms with E-state index in [1.165, 1.54) is 17.0 Å². The molecule has 11 heteroatoms. The van der Waals surface area contributed by atoms with Gasteiger partial charge < -0.3 is 10.2 Å². The fourth-order valence-corrected chi connectivity index (χ4v) is 3.39. The molecule has 29 heavy (non-hydrogen) atoms. The minimum atomic E-state index is -4.87. The summed E-state index contributed by atoms with van der Waals surface area (Å²) < 4.78 is 55.0. The van der Waals surface area contributed by atoms with Crippen LogP contribution in [0.25, 0.3) is 5.69 Å². The summed E-state index contributed by atoms with van der Waals surface area (Å²) in [4.78, 5) is 14.1. The number of nitrogens with one attached hydrogen (secondary N) is 1. The zero-order valence-corrected chi connectivity index (χ0v) is 16.6. The zero-order chi connectivity index (χ0) is 20.3. The Morgan fingerprint density at radius 2 is 1.97 bits per heavy atom. The molecule has 0 bridgehead atoms. The maximum Gasteiger partial charge on any atom is 0.435 e. The minimum absolute atomic E-state index is 0. The molecule has 0 unspecified atom stereocenters. The summed E-state index contributed by atoms with van der Waals surface area (Å²) >= 11 is 0. The number of piperidine rings is 1. The van der Waals surface area contributed by atoms with Crippen LogP contribution in [0.2, 0.25) is 0 Å². The van der Waals surface area contributed by atoms with E-state index in [0.29, 0.717) is 23.7 Å². The molecule has 6 nitrogen and oxygen atoms in total.